The Labute approximate surface area is 127 Å². The van der Waals surface area contributed by atoms with E-state index in [1.807, 2.05) is 5.38 Å². The Morgan fingerprint density at radius 2 is 2.05 bits per heavy atom. The molecule has 112 valence electrons. The number of nitrogen functional groups attached to an aromatic ring is 2. The van der Waals surface area contributed by atoms with Crippen molar-refractivity contribution in [1.29, 1.82) is 0 Å². The molecule has 6 heteroatoms. The van der Waals surface area contributed by atoms with Crippen molar-refractivity contribution in [2.24, 2.45) is 0 Å². The van der Waals surface area contributed by atoms with E-state index in [1.54, 1.807) is 12.1 Å². The fourth-order valence-corrected chi connectivity index (χ4v) is 2.63. The first-order valence-corrected chi connectivity index (χ1v) is 7.42. The molecule has 0 radical (unpaired) electrons. The standard InChI is InChI=1S/C15H19N3O2S/c1-15(2,3)12-8-21-13(18-12)7-20-14(19)10-5-4-9(16)6-11(10)17/h4-6,8H,7,16-17H2,1-3H3. The van der Waals surface area contributed by atoms with Crippen LogP contribution in [-0.4, -0.2) is 11.0 Å². The lowest BCUT2D eigenvalue weighted by Gasteiger charge is -2.14. The van der Waals surface area contributed by atoms with Crippen LogP contribution in [0.25, 0.3) is 0 Å². The van der Waals surface area contributed by atoms with Crippen molar-refractivity contribution in [1.82, 2.24) is 4.98 Å². The fourth-order valence-electron chi connectivity index (χ4n) is 1.69. The summed E-state index contributed by atoms with van der Waals surface area (Å²) in [7, 11) is 0. The van der Waals surface area contributed by atoms with Crippen LogP contribution in [0.2, 0.25) is 0 Å². The van der Waals surface area contributed by atoms with Crippen LogP contribution >= 0.6 is 11.3 Å². The smallest absolute Gasteiger partial charge is 0.340 e. The molecule has 0 atom stereocenters. The highest BCUT2D eigenvalue weighted by Gasteiger charge is 2.18. The Morgan fingerprint density at radius 3 is 2.62 bits per heavy atom. The number of ether oxygens (including phenoxy) is 1. The van der Waals surface area contributed by atoms with Gasteiger partial charge in [-0.05, 0) is 18.2 Å². The Kier molecular flexibility index (Phi) is 4.18. The van der Waals surface area contributed by atoms with Gasteiger partial charge in [-0.3, -0.25) is 0 Å². The van der Waals surface area contributed by atoms with Crippen LogP contribution in [0.5, 0.6) is 0 Å². The SMILES string of the molecule is CC(C)(C)c1csc(COC(=O)c2ccc(N)cc2N)n1. The molecule has 1 aromatic heterocycles. The number of esters is 1. The molecule has 0 aliphatic rings. The van der Waals surface area contributed by atoms with Crippen LogP contribution in [0.1, 0.15) is 41.8 Å². The summed E-state index contributed by atoms with van der Waals surface area (Å²) >= 11 is 1.48. The van der Waals surface area contributed by atoms with E-state index in [0.29, 0.717) is 16.9 Å². The first kappa shape index (κ1) is 15.3. The van der Waals surface area contributed by atoms with Gasteiger partial charge in [-0.15, -0.1) is 11.3 Å². The first-order chi connectivity index (χ1) is 9.77. The maximum Gasteiger partial charge on any atom is 0.340 e. The lowest BCUT2D eigenvalue weighted by atomic mass is 9.93. The highest BCUT2D eigenvalue weighted by Crippen LogP contribution is 2.24. The second-order valence-corrected chi connectivity index (χ2v) is 6.74. The molecule has 0 aliphatic carbocycles. The monoisotopic (exact) mass is 305 g/mol. The summed E-state index contributed by atoms with van der Waals surface area (Å²) < 4.78 is 5.25. The van der Waals surface area contributed by atoms with Crippen molar-refractivity contribution in [2.75, 3.05) is 11.5 Å². The third-order valence-corrected chi connectivity index (χ3v) is 3.76. The molecule has 0 saturated carbocycles. The molecule has 1 heterocycles. The Bertz CT molecular complexity index is 659. The lowest BCUT2D eigenvalue weighted by Crippen LogP contribution is -2.12. The number of benzene rings is 1. The average Bonchev–Trinajstić information content (AvgIpc) is 2.84. The van der Waals surface area contributed by atoms with Crippen molar-refractivity contribution >= 4 is 28.7 Å². The molecular weight excluding hydrogens is 286 g/mol. The van der Waals surface area contributed by atoms with E-state index >= 15 is 0 Å². The topological polar surface area (TPSA) is 91.2 Å². The molecule has 4 N–H and O–H groups in total. The van der Waals surface area contributed by atoms with Gasteiger partial charge < -0.3 is 16.2 Å². The van der Waals surface area contributed by atoms with Gasteiger partial charge in [0.1, 0.15) is 11.6 Å². The van der Waals surface area contributed by atoms with Crippen molar-refractivity contribution in [3.63, 3.8) is 0 Å². The number of carbonyl (C=O) groups is 1. The quantitative estimate of drug-likeness (QED) is 0.672. The number of carbonyl (C=O) groups excluding carboxylic acids is 1. The summed E-state index contributed by atoms with van der Waals surface area (Å²) in [5.41, 5.74) is 13.5. The molecule has 0 fully saturated rings. The zero-order valence-corrected chi connectivity index (χ0v) is 13.2. The molecule has 0 aliphatic heterocycles. The minimum Gasteiger partial charge on any atom is -0.455 e. The van der Waals surface area contributed by atoms with Crippen molar-refractivity contribution in [3.8, 4) is 0 Å². The predicted molar refractivity (Wildman–Crippen MR) is 85.2 cm³/mol. The number of hydrogen-bond donors (Lipinski definition) is 2. The summed E-state index contributed by atoms with van der Waals surface area (Å²) in [5.74, 6) is -0.472. The van der Waals surface area contributed by atoms with Gasteiger partial charge in [0.05, 0.1) is 11.3 Å². The van der Waals surface area contributed by atoms with E-state index in [4.69, 9.17) is 16.2 Å². The highest BCUT2D eigenvalue weighted by atomic mass is 32.1. The largest absolute Gasteiger partial charge is 0.455 e. The molecule has 0 bridgehead atoms. The Morgan fingerprint density at radius 1 is 1.33 bits per heavy atom. The van der Waals surface area contributed by atoms with E-state index in [-0.39, 0.29) is 12.0 Å². The first-order valence-electron chi connectivity index (χ1n) is 6.54. The van der Waals surface area contributed by atoms with Crippen molar-refractivity contribution in [3.05, 3.63) is 39.8 Å². The van der Waals surface area contributed by atoms with Gasteiger partial charge in [-0.2, -0.15) is 0 Å². The summed E-state index contributed by atoms with van der Waals surface area (Å²) in [6.45, 7) is 6.41. The van der Waals surface area contributed by atoms with Crippen LogP contribution in [0.3, 0.4) is 0 Å². The van der Waals surface area contributed by atoms with Crippen LogP contribution in [0, 0.1) is 0 Å². The van der Waals surface area contributed by atoms with Gasteiger partial charge in [0.25, 0.3) is 0 Å². The maximum absolute atomic E-state index is 12.0. The second kappa shape index (κ2) is 5.73. The Hall–Kier alpha value is -2.08. The van der Waals surface area contributed by atoms with Crippen LogP contribution in [-0.2, 0) is 16.8 Å². The van der Waals surface area contributed by atoms with Gasteiger partial charge in [0.15, 0.2) is 0 Å². The van der Waals surface area contributed by atoms with E-state index in [2.05, 4.69) is 25.8 Å². The molecule has 0 spiro atoms. The molecule has 21 heavy (non-hydrogen) atoms. The van der Waals surface area contributed by atoms with Gasteiger partial charge in [0.2, 0.25) is 0 Å². The van der Waals surface area contributed by atoms with Gasteiger partial charge in [-0.25, -0.2) is 9.78 Å². The number of rotatable bonds is 3. The second-order valence-electron chi connectivity index (χ2n) is 5.80. The third-order valence-electron chi connectivity index (χ3n) is 2.94. The molecule has 2 rings (SSSR count). The van der Waals surface area contributed by atoms with Crippen molar-refractivity contribution in [2.45, 2.75) is 32.8 Å². The number of nitrogens with zero attached hydrogens (tertiary/aromatic N) is 1. The molecule has 0 unspecified atom stereocenters. The maximum atomic E-state index is 12.0. The lowest BCUT2D eigenvalue weighted by molar-refractivity contribution is 0.0473. The summed E-state index contributed by atoms with van der Waals surface area (Å²) in [6, 6.07) is 4.72. The van der Waals surface area contributed by atoms with Crippen LogP contribution < -0.4 is 11.5 Å². The average molecular weight is 305 g/mol. The zero-order valence-electron chi connectivity index (χ0n) is 12.3. The number of anilines is 2. The normalized spacial score (nSPS) is 11.4. The Balaban J connectivity index is 2.03. The molecule has 0 amide bonds. The predicted octanol–water partition coefficient (Wildman–Crippen LogP) is 2.96. The summed E-state index contributed by atoms with van der Waals surface area (Å²) in [4.78, 5) is 16.5. The minimum atomic E-state index is -0.472. The molecular formula is C15H19N3O2S. The molecule has 5 nitrogen and oxygen atoms in total. The van der Waals surface area contributed by atoms with E-state index in [0.717, 1.165) is 10.7 Å². The number of nitrogens with two attached hydrogens (primary N) is 2. The fraction of sp³-hybridized carbons (Fsp3) is 0.333. The summed E-state index contributed by atoms with van der Waals surface area (Å²) in [6.07, 6.45) is 0. The van der Waals surface area contributed by atoms with E-state index in [1.165, 1.54) is 17.4 Å². The van der Waals surface area contributed by atoms with Crippen LogP contribution in [0.15, 0.2) is 23.6 Å². The number of aromatic nitrogens is 1. The van der Waals surface area contributed by atoms with Crippen LogP contribution in [0.4, 0.5) is 11.4 Å². The van der Waals surface area contributed by atoms with Crippen molar-refractivity contribution < 1.29 is 9.53 Å². The third kappa shape index (κ3) is 3.72. The number of hydrogen-bond acceptors (Lipinski definition) is 6. The molecule has 0 saturated heterocycles. The van der Waals surface area contributed by atoms with Gasteiger partial charge >= 0.3 is 5.97 Å². The van der Waals surface area contributed by atoms with Gasteiger partial charge in [-0.1, -0.05) is 20.8 Å². The highest BCUT2D eigenvalue weighted by molar-refractivity contribution is 7.09. The van der Waals surface area contributed by atoms with E-state index < -0.39 is 5.97 Å². The molecule has 1 aromatic carbocycles. The minimum absolute atomic E-state index is 0.0137. The van der Waals surface area contributed by atoms with Gasteiger partial charge in [0, 0.05) is 22.2 Å². The number of thiazole rings is 1. The molecule has 2 aromatic rings. The van der Waals surface area contributed by atoms with E-state index in [9.17, 15) is 4.79 Å². The summed E-state index contributed by atoms with van der Waals surface area (Å²) in [5, 5.41) is 2.75. The zero-order chi connectivity index (χ0) is 15.6.